The van der Waals surface area contributed by atoms with Gasteiger partial charge in [0.05, 0.1) is 17.4 Å². The molecular weight excluding hydrogens is 226 g/mol. The average Bonchev–Trinajstić information content (AvgIpc) is 2.90. The minimum Gasteiger partial charge on any atom is -0.308 e. The van der Waals surface area contributed by atoms with Crippen molar-refractivity contribution < 1.29 is 0 Å². The Hall–Kier alpha value is -1.62. The summed E-state index contributed by atoms with van der Waals surface area (Å²) in [6.07, 6.45) is 1.85. The maximum absolute atomic E-state index is 4.49. The fraction of sp³-hybridized carbons (Fsp3) is 0.538. The van der Waals surface area contributed by atoms with Crippen LogP contribution in [0.15, 0.2) is 12.3 Å². The molecule has 2 heterocycles. The van der Waals surface area contributed by atoms with Crippen LogP contribution in [-0.4, -0.2) is 26.6 Å². The van der Waals surface area contributed by atoms with Crippen LogP contribution in [0.5, 0.6) is 0 Å². The van der Waals surface area contributed by atoms with Gasteiger partial charge in [-0.1, -0.05) is 0 Å². The van der Waals surface area contributed by atoms with Crippen molar-refractivity contribution in [1.29, 1.82) is 0 Å². The summed E-state index contributed by atoms with van der Waals surface area (Å²) in [5, 5.41) is 12.2. The highest BCUT2D eigenvalue weighted by atomic mass is 15.3. The minimum absolute atomic E-state index is 0.140. The first-order valence-corrected chi connectivity index (χ1v) is 6.29. The number of aryl methyl sites for hydroxylation is 3. The predicted octanol–water partition coefficient (Wildman–Crippen LogP) is 1.56. The first-order valence-electron chi connectivity index (χ1n) is 6.29. The summed E-state index contributed by atoms with van der Waals surface area (Å²) >= 11 is 0. The Morgan fingerprint density at radius 1 is 1.39 bits per heavy atom. The monoisotopic (exact) mass is 247 g/mol. The maximum Gasteiger partial charge on any atom is 0.0782 e. The molecule has 0 saturated carbocycles. The van der Waals surface area contributed by atoms with Crippen LogP contribution in [0.25, 0.3) is 0 Å². The van der Waals surface area contributed by atoms with E-state index in [1.165, 1.54) is 17.0 Å². The number of aromatic nitrogens is 4. The van der Waals surface area contributed by atoms with Gasteiger partial charge in [0.2, 0.25) is 0 Å². The summed E-state index contributed by atoms with van der Waals surface area (Å²) in [6.45, 7) is 7.14. The Labute approximate surface area is 108 Å². The first-order chi connectivity index (χ1) is 8.60. The molecule has 1 N–H and O–H groups in total. The maximum atomic E-state index is 4.49. The van der Waals surface area contributed by atoms with E-state index in [9.17, 15) is 0 Å². The molecule has 0 aliphatic rings. The molecule has 0 aliphatic heterocycles. The molecule has 1 atom stereocenters. The zero-order valence-corrected chi connectivity index (χ0v) is 11.7. The van der Waals surface area contributed by atoms with Crippen LogP contribution in [0, 0.1) is 13.8 Å². The smallest absolute Gasteiger partial charge is 0.0782 e. The van der Waals surface area contributed by atoms with Crippen molar-refractivity contribution >= 4 is 0 Å². The molecule has 5 nitrogen and oxygen atoms in total. The van der Waals surface area contributed by atoms with Crippen LogP contribution in [0.1, 0.15) is 35.6 Å². The van der Waals surface area contributed by atoms with Gasteiger partial charge in [0.1, 0.15) is 0 Å². The second-order valence-electron chi connectivity index (χ2n) is 4.50. The third-order valence-electron chi connectivity index (χ3n) is 3.49. The number of nitrogens with one attached hydrogen (secondary N) is 1. The number of rotatable bonds is 4. The topological polar surface area (TPSA) is 47.7 Å². The second-order valence-corrected chi connectivity index (χ2v) is 4.50. The third kappa shape index (κ3) is 1.95. The average molecular weight is 247 g/mol. The van der Waals surface area contributed by atoms with Gasteiger partial charge >= 0.3 is 0 Å². The molecule has 2 aromatic heterocycles. The van der Waals surface area contributed by atoms with Gasteiger partial charge < -0.3 is 5.32 Å². The lowest BCUT2D eigenvalue weighted by Crippen LogP contribution is -2.22. The quantitative estimate of drug-likeness (QED) is 0.892. The van der Waals surface area contributed by atoms with Gasteiger partial charge in [-0.05, 0) is 33.9 Å². The molecule has 0 radical (unpaired) electrons. The van der Waals surface area contributed by atoms with E-state index < -0.39 is 0 Å². The van der Waals surface area contributed by atoms with Crippen LogP contribution in [0.4, 0.5) is 0 Å². The lowest BCUT2D eigenvalue weighted by Gasteiger charge is -2.18. The highest BCUT2D eigenvalue weighted by Gasteiger charge is 2.22. The Morgan fingerprint density at radius 2 is 2.11 bits per heavy atom. The van der Waals surface area contributed by atoms with Crippen molar-refractivity contribution in [3.05, 3.63) is 34.9 Å². The largest absolute Gasteiger partial charge is 0.308 e. The van der Waals surface area contributed by atoms with Crippen LogP contribution in [0.3, 0.4) is 0 Å². The van der Waals surface area contributed by atoms with Crippen LogP contribution < -0.4 is 5.32 Å². The van der Waals surface area contributed by atoms with Crippen molar-refractivity contribution in [3.63, 3.8) is 0 Å². The Bertz CT molecular complexity index is 538. The molecule has 2 aromatic rings. The highest BCUT2D eigenvalue weighted by Crippen LogP contribution is 2.26. The Balaban J connectivity index is 2.52. The van der Waals surface area contributed by atoms with Gasteiger partial charge in [0, 0.05) is 31.0 Å². The Kier molecular flexibility index (Phi) is 3.52. The van der Waals surface area contributed by atoms with Gasteiger partial charge in [-0.2, -0.15) is 10.2 Å². The van der Waals surface area contributed by atoms with E-state index in [2.05, 4.69) is 42.4 Å². The van der Waals surface area contributed by atoms with E-state index in [0.717, 1.165) is 12.2 Å². The van der Waals surface area contributed by atoms with Gasteiger partial charge in [0.25, 0.3) is 0 Å². The molecule has 1 unspecified atom stereocenters. The van der Waals surface area contributed by atoms with Crippen molar-refractivity contribution in [2.75, 3.05) is 7.05 Å². The summed E-state index contributed by atoms with van der Waals surface area (Å²) in [5.41, 5.74) is 4.68. The van der Waals surface area contributed by atoms with Gasteiger partial charge in [-0.25, -0.2) is 0 Å². The van der Waals surface area contributed by atoms with Gasteiger partial charge in [0.15, 0.2) is 0 Å². The molecule has 0 saturated heterocycles. The van der Waals surface area contributed by atoms with E-state index in [1.54, 1.807) is 0 Å². The molecular formula is C13H21N5. The van der Waals surface area contributed by atoms with Crippen molar-refractivity contribution in [2.24, 2.45) is 7.05 Å². The molecule has 0 aliphatic carbocycles. The lowest BCUT2D eigenvalue weighted by molar-refractivity contribution is 0.560. The molecule has 5 heteroatoms. The van der Waals surface area contributed by atoms with Crippen LogP contribution in [0.2, 0.25) is 0 Å². The number of hydrogen-bond donors (Lipinski definition) is 1. The van der Waals surface area contributed by atoms with Crippen molar-refractivity contribution in [3.8, 4) is 0 Å². The van der Waals surface area contributed by atoms with E-state index in [-0.39, 0.29) is 6.04 Å². The van der Waals surface area contributed by atoms with E-state index in [1.807, 2.05) is 29.7 Å². The zero-order chi connectivity index (χ0) is 13.3. The van der Waals surface area contributed by atoms with Gasteiger partial charge in [-0.15, -0.1) is 0 Å². The van der Waals surface area contributed by atoms with Gasteiger partial charge in [-0.3, -0.25) is 9.36 Å². The standard InChI is InChI=1S/C13H21N5/c1-6-18-11(7-8-15-18)13(14-4)12-9(2)16-17(5)10(12)3/h7-8,13-14H,6H2,1-5H3. The Morgan fingerprint density at radius 3 is 2.61 bits per heavy atom. The molecule has 18 heavy (non-hydrogen) atoms. The van der Waals surface area contributed by atoms with E-state index in [0.29, 0.717) is 0 Å². The second kappa shape index (κ2) is 4.94. The normalized spacial score (nSPS) is 12.9. The fourth-order valence-electron chi connectivity index (χ4n) is 2.50. The number of nitrogens with zero attached hydrogens (tertiary/aromatic N) is 4. The summed E-state index contributed by atoms with van der Waals surface area (Å²) in [4.78, 5) is 0. The SMILES string of the molecule is CCn1nccc1C(NC)c1c(C)nn(C)c1C. The molecule has 0 bridgehead atoms. The predicted molar refractivity (Wildman–Crippen MR) is 71.5 cm³/mol. The molecule has 0 spiro atoms. The van der Waals surface area contributed by atoms with Crippen LogP contribution >= 0.6 is 0 Å². The lowest BCUT2D eigenvalue weighted by atomic mass is 10.0. The van der Waals surface area contributed by atoms with E-state index in [4.69, 9.17) is 0 Å². The van der Waals surface area contributed by atoms with Crippen molar-refractivity contribution in [1.82, 2.24) is 24.9 Å². The summed E-state index contributed by atoms with van der Waals surface area (Å²) < 4.78 is 3.95. The third-order valence-corrected chi connectivity index (χ3v) is 3.49. The fourth-order valence-corrected chi connectivity index (χ4v) is 2.50. The van der Waals surface area contributed by atoms with Crippen LogP contribution in [-0.2, 0) is 13.6 Å². The number of hydrogen-bond acceptors (Lipinski definition) is 3. The molecule has 0 fully saturated rings. The van der Waals surface area contributed by atoms with E-state index >= 15 is 0 Å². The minimum atomic E-state index is 0.140. The summed E-state index contributed by atoms with van der Waals surface area (Å²) in [7, 11) is 3.96. The molecule has 0 amide bonds. The summed E-state index contributed by atoms with van der Waals surface area (Å²) in [5.74, 6) is 0. The van der Waals surface area contributed by atoms with Crippen molar-refractivity contribution in [2.45, 2.75) is 33.4 Å². The molecule has 2 rings (SSSR count). The molecule has 0 aromatic carbocycles. The zero-order valence-electron chi connectivity index (χ0n) is 11.7. The first kappa shape index (κ1) is 12.8. The summed E-state index contributed by atoms with van der Waals surface area (Å²) in [6, 6.07) is 2.21. The molecule has 98 valence electrons. The highest BCUT2D eigenvalue weighted by molar-refractivity contribution is 5.34.